The number of oxazole rings is 1. The maximum atomic E-state index is 12.8. The van der Waals surface area contributed by atoms with Crippen LogP contribution in [0.2, 0.25) is 0 Å². The van der Waals surface area contributed by atoms with E-state index in [1.165, 1.54) is 23.2 Å². The Kier molecular flexibility index (Phi) is 11.8. The Morgan fingerprint density at radius 3 is 2.00 bits per heavy atom. The number of carbonyl (C=O) groups excluding carboxylic acids is 2. The van der Waals surface area contributed by atoms with E-state index in [0.29, 0.717) is 62.6 Å². The minimum absolute atomic E-state index is 0.0524. The first-order valence-electron chi connectivity index (χ1n) is 14.4. The molecular formula is C29H38F3N5O6. The monoisotopic (exact) mass is 609 g/mol. The van der Waals surface area contributed by atoms with Crippen LogP contribution in [0.3, 0.4) is 0 Å². The third-order valence-corrected chi connectivity index (χ3v) is 7.36. The predicted molar refractivity (Wildman–Crippen MR) is 150 cm³/mol. The lowest BCUT2D eigenvalue weighted by Gasteiger charge is -2.24. The molecule has 1 aromatic heterocycles. The van der Waals surface area contributed by atoms with E-state index in [9.17, 15) is 22.8 Å². The van der Waals surface area contributed by atoms with Crippen LogP contribution >= 0.6 is 0 Å². The first-order chi connectivity index (χ1) is 20.7. The van der Waals surface area contributed by atoms with Gasteiger partial charge in [0.2, 0.25) is 11.8 Å². The average Bonchev–Trinajstić information content (AvgIpc) is 3.50. The number of rotatable bonds is 13. The summed E-state index contributed by atoms with van der Waals surface area (Å²) in [5.74, 6) is 0.382. The molecule has 2 saturated heterocycles. The van der Waals surface area contributed by atoms with Gasteiger partial charge in [-0.3, -0.25) is 9.59 Å². The Morgan fingerprint density at radius 2 is 1.49 bits per heavy atom. The molecule has 3 heterocycles. The fraction of sp³-hybridized carbons (Fsp3) is 0.586. The Balaban J connectivity index is 1.35. The summed E-state index contributed by atoms with van der Waals surface area (Å²) in [5, 5.41) is 9.85. The van der Waals surface area contributed by atoms with Gasteiger partial charge in [-0.15, -0.1) is 0 Å². The molecule has 11 nitrogen and oxygen atoms in total. The van der Waals surface area contributed by atoms with Gasteiger partial charge < -0.3 is 34.3 Å². The average molecular weight is 610 g/mol. The maximum Gasteiger partial charge on any atom is 0.416 e. The molecule has 0 atom stereocenters. The molecule has 43 heavy (non-hydrogen) atoms. The van der Waals surface area contributed by atoms with Crippen molar-refractivity contribution < 1.29 is 41.5 Å². The standard InChI is InChI=1S/C29H38F3N5O6/c1-20(36-42-19-23-2-4-24(5-3-23)29(30,31)32)25-16-35-28(43-25)37(17-26(38)33-14-21-6-10-40-11-7-21)18-27(39)34-15-22-8-12-41-13-9-22/h2-5,16,21-22H,6-15,17-19H2,1H3,(H,33,38)(H,34,39). The molecule has 2 fully saturated rings. The van der Waals surface area contributed by atoms with E-state index in [1.807, 2.05) is 0 Å². The lowest BCUT2D eigenvalue weighted by atomic mass is 10.0. The van der Waals surface area contributed by atoms with Crippen LogP contribution in [-0.2, 0) is 36.7 Å². The number of halogens is 3. The fourth-order valence-electron chi connectivity index (χ4n) is 4.68. The van der Waals surface area contributed by atoms with Crippen molar-refractivity contribution in [2.75, 3.05) is 57.5 Å². The SMILES string of the molecule is CC(=NOCc1ccc(C(F)(F)F)cc1)c1cnc(N(CC(=O)NCC2CCOCC2)CC(=O)NCC2CCOCC2)o1. The van der Waals surface area contributed by atoms with Gasteiger partial charge in [-0.05, 0) is 62.1 Å². The molecule has 0 unspecified atom stereocenters. The van der Waals surface area contributed by atoms with Gasteiger partial charge in [0.15, 0.2) is 5.76 Å². The molecule has 1 aromatic carbocycles. The van der Waals surface area contributed by atoms with Crippen LogP contribution < -0.4 is 15.5 Å². The van der Waals surface area contributed by atoms with E-state index in [1.54, 1.807) is 6.92 Å². The van der Waals surface area contributed by atoms with Gasteiger partial charge in [0.25, 0.3) is 6.01 Å². The third-order valence-electron chi connectivity index (χ3n) is 7.36. The summed E-state index contributed by atoms with van der Waals surface area (Å²) in [6, 6.07) is 4.66. The van der Waals surface area contributed by atoms with Crippen LogP contribution in [0.4, 0.5) is 19.2 Å². The van der Waals surface area contributed by atoms with Gasteiger partial charge in [0, 0.05) is 39.5 Å². The quantitative estimate of drug-likeness (QED) is 0.261. The normalized spacial score (nSPS) is 17.0. The number of aromatic nitrogens is 1. The number of anilines is 1. The van der Waals surface area contributed by atoms with Gasteiger partial charge >= 0.3 is 6.18 Å². The van der Waals surface area contributed by atoms with E-state index in [0.717, 1.165) is 37.8 Å². The number of carbonyl (C=O) groups is 2. The third kappa shape index (κ3) is 10.5. The van der Waals surface area contributed by atoms with Crippen LogP contribution in [0, 0.1) is 11.8 Å². The molecule has 2 amide bonds. The molecule has 0 aliphatic carbocycles. The number of ether oxygens (including phenoxy) is 2. The molecule has 2 N–H and O–H groups in total. The second-order valence-corrected chi connectivity index (χ2v) is 10.7. The van der Waals surface area contributed by atoms with Crippen molar-refractivity contribution >= 4 is 23.5 Å². The number of alkyl halides is 3. The maximum absolute atomic E-state index is 12.8. The molecule has 2 aliphatic heterocycles. The van der Waals surface area contributed by atoms with Gasteiger partial charge in [-0.2, -0.15) is 13.2 Å². The molecule has 0 spiro atoms. The lowest BCUT2D eigenvalue weighted by Crippen LogP contribution is -2.45. The van der Waals surface area contributed by atoms with Gasteiger partial charge in [-0.1, -0.05) is 17.3 Å². The van der Waals surface area contributed by atoms with E-state index in [-0.39, 0.29) is 43.3 Å². The second-order valence-electron chi connectivity index (χ2n) is 10.7. The first-order valence-corrected chi connectivity index (χ1v) is 14.4. The van der Waals surface area contributed by atoms with Crippen LogP contribution in [0.15, 0.2) is 40.0 Å². The van der Waals surface area contributed by atoms with Gasteiger partial charge in [0.05, 0.1) is 11.8 Å². The molecule has 236 valence electrons. The molecule has 2 aromatic rings. The highest BCUT2D eigenvalue weighted by Crippen LogP contribution is 2.29. The van der Waals surface area contributed by atoms with Gasteiger partial charge in [-0.25, -0.2) is 4.98 Å². The first kappa shape index (κ1) is 32.3. The zero-order valence-corrected chi connectivity index (χ0v) is 24.2. The van der Waals surface area contributed by atoms with Crippen molar-refractivity contribution in [1.29, 1.82) is 0 Å². The Labute approximate surface area is 248 Å². The molecular weight excluding hydrogens is 571 g/mol. The summed E-state index contributed by atoms with van der Waals surface area (Å²) in [6.45, 7) is 5.01. The minimum atomic E-state index is -4.41. The minimum Gasteiger partial charge on any atom is -0.422 e. The summed E-state index contributed by atoms with van der Waals surface area (Å²) in [4.78, 5) is 36.7. The number of nitrogens with one attached hydrogen (secondary N) is 2. The van der Waals surface area contributed by atoms with E-state index >= 15 is 0 Å². The highest BCUT2D eigenvalue weighted by Gasteiger charge is 2.30. The highest BCUT2D eigenvalue weighted by molar-refractivity contribution is 5.95. The Hall–Kier alpha value is -3.65. The van der Waals surface area contributed by atoms with Crippen LogP contribution in [-0.4, -0.2) is 75.1 Å². The topological polar surface area (TPSA) is 128 Å². The van der Waals surface area contributed by atoms with E-state index in [2.05, 4.69) is 20.8 Å². The molecule has 0 saturated carbocycles. The second kappa shape index (κ2) is 15.7. The van der Waals surface area contributed by atoms with Crippen LogP contribution in [0.5, 0.6) is 0 Å². The van der Waals surface area contributed by atoms with Gasteiger partial charge in [0.1, 0.15) is 25.4 Å². The van der Waals surface area contributed by atoms with Crippen LogP contribution in [0.25, 0.3) is 0 Å². The van der Waals surface area contributed by atoms with E-state index < -0.39 is 11.7 Å². The molecule has 0 radical (unpaired) electrons. The van der Waals surface area contributed by atoms with Crippen molar-refractivity contribution in [1.82, 2.24) is 15.6 Å². The van der Waals surface area contributed by atoms with Crippen molar-refractivity contribution in [2.45, 2.75) is 45.4 Å². The zero-order chi connectivity index (χ0) is 30.7. The molecule has 2 aliphatic rings. The summed E-state index contributed by atoms with van der Waals surface area (Å²) in [7, 11) is 0. The molecule has 4 rings (SSSR count). The molecule has 14 heteroatoms. The van der Waals surface area contributed by atoms with Crippen molar-refractivity contribution in [3.63, 3.8) is 0 Å². The van der Waals surface area contributed by atoms with Crippen LogP contribution in [0.1, 0.15) is 49.5 Å². The van der Waals surface area contributed by atoms with Crippen molar-refractivity contribution in [3.8, 4) is 0 Å². The smallest absolute Gasteiger partial charge is 0.416 e. The Bertz CT molecular complexity index is 1170. The summed E-state index contributed by atoms with van der Waals surface area (Å²) < 4.78 is 54.9. The number of hydrogen-bond donors (Lipinski definition) is 2. The number of oxime groups is 1. The largest absolute Gasteiger partial charge is 0.422 e. The summed E-state index contributed by atoms with van der Waals surface area (Å²) in [6.07, 6.45) is 0.497. The Morgan fingerprint density at radius 1 is 0.953 bits per heavy atom. The number of amides is 2. The highest BCUT2D eigenvalue weighted by atomic mass is 19.4. The predicted octanol–water partition coefficient (Wildman–Crippen LogP) is 3.53. The fourth-order valence-corrected chi connectivity index (χ4v) is 4.68. The molecule has 0 bridgehead atoms. The summed E-state index contributed by atoms with van der Waals surface area (Å²) >= 11 is 0. The number of hydrogen-bond acceptors (Lipinski definition) is 9. The number of nitrogens with zero attached hydrogens (tertiary/aromatic N) is 3. The lowest BCUT2D eigenvalue weighted by molar-refractivity contribution is -0.137. The van der Waals surface area contributed by atoms with E-state index in [4.69, 9.17) is 18.7 Å². The zero-order valence-electron chi connectivity index (χ0n) is 24.2. The number of benzene rings is 1. The summed E-state index contributed by atoms with van der Waals surface area (Å²) in [5.41, 5.74) is 0.0790. The van der Waals surface area contributed by atoms with Crippen molar-refractivity contribution in [3.05, 3.63) is 47.3 Å². The van der Waals surface area contributed by atoms with Crippen molar-refractivity contribution in [2.24, 2.45) is 17.0 Å².